The van der Waals surface area contributed by atoms with E-state index in [2.05, 4.69) is 12.6 Å². The van der Waals surface area contributed by atoms with E-state index in [0.717, 1.165) is 35.7 Å². The van der Waals surface area contributed by atoms with Gasteiger partial charge in [0, 0.05) is 17.2 Å². The zero-order chi connectivity index (χ0) is 12.4. The molecule has 0 heterocycles. The van der Waals surface area contributed by atoms with E-state index in [9.17, 15) is 0 Å². The molecule has 0 saturated heterocycles. The molecule has 1 aliphatic carbocycles. The van der Waals surface area contributed by atoms with Crippen molar-refractivity contribution in [3.63, 3.8) is 0 Å². The van der Waals surface area contributed by atoms with Crippen LogP contribution in [0.15, 0.2) is 12.1 Å². The molecule has 0 unspecified atom stereocenters. The highest BCUT2D eigenvalue weighted by Gasteiger charge is 2.29. The number of rotatable bonds is 3. The molecule has 0 bridgehead atoms. The number of hydrogen-bond donors (Lipinski definition) is 2. The van der Waals surface area contributed by atoms with Gasteiger partial charge in [0.05, 0.1) is 14.2 Å². The molecule has 1 aromatic rings. The summed E-state index contributed by atoms with van der Waals surface area (Å²) >= 11 is 4.38. The minimum Gasteiger partial charge on any atom is -0.496 e. The Morgan fingerprint density at radius 2 is 1.94 bits per heavy atom. The molecule has 0 aromatic heterocycles. The SMILES string of the molecule is COc1ccc(OC)c2c1C[C@H](CS)C[C@@H]2N. The Kier molecular flexibility index (Phi) is 3.84. The molecule has 4 heteroatoms. The third kappa shape index (κ3) is 2.24. The zero-order valence-corrected chi connectivity index (χ0v) is 11.2. The van der Waals surface area contributed by atoms with Crippen LogP contribution in [0.5, 0.6) is 11.5 Å². The van der Waals surface area contributed by atoms with E-state index in [1.54, 1.807) is 14.2 Å². The summed E-state index contributed by atoms with van der Waals surface area (Å²) in [6.07, 6.45) is 1.92. The number of benzene rings is 1. The van der Waals surface area contributed by atoms with Crippen LogP contribution in [-0.2, 0) is 6.42 Å². The smallest absolute Gasteiger partial charge is 0.124 e. The van der Waals surface area contributed by atoms with Crippen molar-refractivity contribution in [2.24, 2.45) is 11.7 Å². The summed E-state index contributed by atoms with van der Waals surface area (Å²) in [5.74, 6) is 3.14. The van der Waals surface area contributed by atoms with Gasteiger partial charge in [0.1, 0.15) is 11.5 Å². The number of hydrogen-bond acceptors (Lipinski definition) is 4. The molecule has 1 aliphatic rings. The van der Waals surface area contributed by atoms with Crippen molar-refractivity contribution in [3.8, 4) is 11.5 Å². The van der Waals surface area contributed by atoms with Crippen LogP contribution in [0.2, 0.25) is 0 Å². The van der Waals surface area contributed by atoms with Gasteiger partial charge in [-0.05, 0) is 36.6 Å². The van der Waals surface area contributed by atoms with Gasteiger partial charge in [0.2, 0.25) is 0 Å². The first-order valence-corrected chi connectivity index (χ1v) is 6.44. The van der Waals surface area contributed by atoms with Crippen LogP contribution in [0.3, 0.4) is 0 Å². The lowest BCUT2D eigenvalue weighted by molar-refractivity contribution is 0.364. The van der Waals surface area contributed by atoms with Crippen molar-refractivity contribution in [2.45, 2.75) is 18.9 Å². The highest BCUT2D eigenvalue weighted by atomic mass is 32.1. The molecule has 0 spiro atoms. The Labute approximate surface area is 108 Å². The second-order valence-corrected chi connectivity index (χ2v) is 4.82. The molecule has 2 N–H and O–H groups in total. The van der Waals surface area contributed by atoms with Crippen molar-refractivity contribution >= 4 is 12.6 Å². The number of methoxy groups -OCH3 is 2. The van der Waals surface area contributed by atoms with E-state index in [-0.39, 0.29) is 6.04 Å². The molecule has 0 amide bonds. The lowest BCUT2D eigenvalue weighted by atomic mass is 9.81. The van der Waals surface area contributed by atoms with E-state index in [1.165, 1.54) is 5.56 Å². The van der Waals surface area contributed by atoms with Gasteiger partial charge in [-0.2, -0.15) is 12.6 Å². The molecule has 94 valence electrons. The molecule has 1 aromatic carbocycles. The average molecular weight is 253 g/mol. The van der Waals surface area contributed by atoms with Gasteiger partial charge >= 0.3 is 0 Å². The van der Waals surface area contributed by atoms with Crippen molar-refractivity contribution in [2.75, 3.05) is 20.0 Å². The predicted molar refractivity (Wildman–Crippen MR) is 72.1 cm³/mol. The predicted octanol–water partition coefficient (Wildman–Crippen LogP) is 2.20. The van der Waals surface area contributed by atoms with Crippen LogP contribution in [-0.4, -0.2) is 20.0 Å². The van der Waals surface area contributed by atoms with E-state index < -0.39 is 0 Å². The van der Waals surface area contributed by atoms with Gasteiger partial charge in [0.15, 0.2) is 0 Å². The first-order chi connectivity index (χ1) is 8.21. The standard InChI is InChI=1S/C13H19NO2S/c1-15-11-3-4-12(16-2)13-9(11)5-8(7-17)6-10(13)14/h3-4,8,10,17H,5-7,14H2,1-2H3/t8-,10-/m0/s1. The summed E-state index contributed by atoms with van der Waals surface area (Å²) in [5.41, 5.74) is 8.53. The summed E-state index contributed by atoms with van der Waals surface area (Å²) in [6.45, 7) is 0. The molecular weight excluding hydrogens is 234 g/mol. The van der Waals surface area contributed by atoms with Crippen molar-refractivity contribution in [3.05, 3.63) is 23.3 Å². The minimum atomic E-state index is 0.0148. The number of ether oxygens (including phenoxy) is 2. The number of fused-ring (bicyclic) bond motifs is 1. The third-order valence-electron chi connectivity index (χ3n) is 3.42. The Balaban J connectivity index is 2.51. The number of nitrogens with two attached hydrogens (primary N) is 1. The van der Waals surface area contributed by atoms with E-state index in [0.29, 0.717) is 5.92 Å². The highest BCUT2D eigenvalue weighted by molar-refractivity contribution is 7.80. The van der Waals surface area contributed by atoms with Crippen LogP contribution in [0.4, 0.5) is 0 Å². The third-order valence-corrected chi connectivity index (χ3v) is 3.94. The Bertz CT molecular complexity index is 409. The lowest BCUT2D eigenvalue weighted by Crippen LogP contribution is -2.26. The van der Waals surface area contributed by atoms with E-state index in [1.807, 2.05) is 12.1 Å². The van der Waals surface area contributed by atoms with Crippen LogP contribution < -0.4 is 15.2 Å². The van der Waals surface area contributed by atoms with Gasteiger partial charge in [-0.25, -0.2) is 0 Å². The molecular formula is C13H19NO2S. The van der Waals surface area contributed by atoms with Crippen molar-refractivity contribution < 1.29 is 9.47 Å². The van der Waals surface area contributed by atoms with Gasteiger partial charge in [-0.3, -0.25) is 0 Å². The van der Waals surface area contributed by atoms with E-state index >= 15 is 0 Å². The highest BCUT2D eigenvalue weighted by Crippen LogP contribution is 2.42. The average Bonchev–Trinajstić information content (AvgIpc) is 2.37. The first-order valence-electron chi connectivity index (χ1n) is 5.81. The maximum Gasteiger partial charge on any atom is 0.124 e. The summed E-state index contributed by atoms with van der Waals surface area (Å²) < 4.78 is 10.8. The fourth-order valence-corrected chi connectivity index (χ4v) is 2.88. The molecule has 3 nitrogen and oxygen atoms in total. The summed E-state index contributed by atoms with van der Waals surface area (Å²) in [4.78, 5) is 0. The molecule has 0 radical (unpaired) electrons. The summed E-state index contributed by atoms with van der Waals surface area (Å²) in [7, 11) is 3.37. The summed E-state index contributed by atoms with van der Waals surface area (Å²) in [5, 5.41) is 0. The second kappa shape index (κ2) is 5.19. The summed E-state index contributed by atoms with van der Waals surface area (Å²) in [6, 6.07) is 3.89. The molecule has 0 saturated carbocycles. The van der Waals surface area contributed by atoms with Gasteiger partial charge in [-0.15, -0.1) is 0 Å². The van der Waals surface area contributed by atoms with Gasteiger partial charge in [-0.1, -0.05) is 0 Å². The maximum atomic E-state index is 6.24. The second-order valence-electron chi connectivity index (χ2n) is 4.46. The van der Waals surface area contributed by atoms with Crippen LogP contribution in [0.1, 0.15) is 23.6 Å². The largest absolute Gasteiger partial charge is 0.496 e. The molecule has 2 rings (SSSR count). The fraction of sp³-hybridized carbons (Fsp3) is 0.538. The monoisotopic (exact) mass is 253 g/mol. The number of thiol groups is 1. The lowest BCUT2D eigenvalue weighted by Gasteiger charge is -2.31. The molecule has 0 fully saturated rings. The topological polar surface area (TPSA) is 44.5 Å². The first kappa shape index (κ1) is 12.6. The van der Waals surface area contributed by atoms with E-state index in [4.69, 9.17) is 15.2 Å². The molecule has 17 heavy (non-hydrogen) atoms. The minimum absolute atomic E-state index is 0.0148. The van der Waals surface area contributed by atoms with Crippen LogP contribution >= 0.6 is 12.6 Å². The van der Waals surface area contributed by atoms with Gasteiger partial charge in [0.25, 0.3) is 0 Å². The molecule has 2 atom stereocenters. The molecule has 0 aliphatic heterocycles. The maximum absolute atomic E-state index is 6.24. The zero-order valence-electron chi connectivity index (χ0n) is 10.3. The van der Waals surface area contributed by atoms with Crippen molar-refractivity contribution in [1.29, 1.82) is 0 Å². The Morgan fingerprint density at radius 1 is 1.29 bits per heavy atom. The van der Waals surface area contributed by atoms with Crippen LogP contribution in [0, 0.1) is 5.92 Å². The fourth-order valence-electron chi connectivity index (χ4n) is 2.60. The Morgan fingerprint density at radius 3 is 2.53 bits per heavy atom. The quantitative estimate of drug-likeness (QED) is 0.812. The van der Waals surface area contributed by atoms with Crippen molar-refractivity contribution in [1.82, 2.24) is 0 Å². The van der Waals surface area contributed by atoms with Crippen LogP contribution in [0.25, 0.3) is 0 Å². The normalized spacial score (nSPS) is 23.1. The Hall–Kier alpha value is -0.870. The van der Waals surface area contributed by atoms with Gasteiger partial charge < -0.3 is 15.2 Å².